The lowest BCUT2D eigenvalue weighted by Crippen LogP contribution is -2.05. The molecule has 0 fully saturated rings. The predicted octanol–water partition coefficient (Wildman–Crippen LogP) is 4.55. The van der Waals surface area contributed by atoms with Crippen LogP contribution in [0.25, 0.3) is 21.5 Å². The molecule has 0 spiro atoms. The van der Waals surface area contributed by atoms with Gasteiger partial charge in [-0.05, 0) is 23.6 Å². The quantitative estimate of drug-likeness (QED) is 0.363. The zero-order valence-electron chi connectivity index (χ0n) is 13.9. The lowest BCUT2D eigenvalue weighted by molar-refractivity contribution is 0.182. The summed E-state index contributed by atoms with van der Waals surface area (Å²) in [6.45, 7) is 4.42. The van der Waals surface area contributed by atoms with Gasteiger partial charge < -0.3 is 18.9 Å². The van der Waals surface area contributed by atoms with Gasteiger partial charge in [-0.2, -0.15) is 0 Å². The molecule has 0 amide bonds. The Morgan fingerprint density at radius 1 is 0.875 bits per heavy atom. The van der Waals surface area contributed by atoms with Crippen molar-refractivity contribution >= 4 is 21.5 Å². The molecule has 0 saturated carbocycles. The molecule has 0 unspecified atom stereocenters. The Hall–Kier alpha value is -2.88. The van der Waals surface area contributed by atoms with E-state index >= 15 is 0 Å². The van der Waals surface area contributed by atoms with E-state index in [0.29, 0.717) is 24.7 Å². The van der Waals surface area contributed by atoms with Crippen molar-refractivity contribution in [3.05, 3.63) is 55.3 Å². The molecule has 0 saturated heterocycles. The van der Waals surface area contributed by atoms with Crippen LogP contribution in [0.5, 0.6) is 17.2 Å². The van der Waals surface area contributed by atoms with E-state index in [1.165, 1.54) is 6.26 Å². The highest BCUT2D eigenvalue weighted by Gasteiger charge is 2.15. The molecule has 24 heavy (non-hydrogen) atoms. The van der Waals surface area contributed by atoms with Gasteiger partial charge in [0.2, 0.25) is 0 Å². The third kappa shape index (κ3) is 2.83. The summed E-state index contributed by atoms with van der Waals surface area (Å²) in [5, 5.41) is 4.06. The Bertz CT molecular complexity index is 870. The molecule has 3 aromatic rings. The van der Waals surface area contributed by atoms with E-state index in [2.05, 4.69) is 24.8 Å². The van der Waals surface area contributed by atoms with Gasteiger partial charge in [0, 0.05) is 16.2 Å². The molecular weight excluding hydrogens is 304 g/mol. The first-order chi connectivity index (χ1) is 11.8. The van der Waals surface area contributed by atoms with Crippen LogP contribution < -0.4 is 14.2 Å². The van der Waals surface area contributed by atoms with Crippen molar-refractivity contribution in [1.29, 1.82) is 0 Å². The third-order valence-electron chi connectivity index (χ3n) is 3.90. The van der Waals surface area contributed by atoms with E-state index < -0.39 is 0 Å². The average Bonchev–Trinajstić information content (AvgIpc) is 2.63. The third-order valence-corrected chi connectivity index (χ3v) is 3.90. The van der Waals surface area contributed by atoms with E-state index in [1.807, 2.05) is 24.3 Å². The molecule has 0 heterocycles. The summed E-state index contributed by atoms with van der Waals surface area (Å²) in [5.41, 5.74) is 0. The van der Waals surface area contributed by atoms with E-state index in [-0.39, 0.29) is 0 Å². The van der Waals surface area contributed by atoms with Crippen LogP contribution >= 0.6 is 0 Å². The molecule has 0 N–H and O–H groups in total. The molecular formula is C20H20O4. The van der Waals surface area contributed by atoms with Gasteiger partial charge in [0.1, 0.15) is 19.0 Å². The van der Waals surface area contributed by atoms with Gasteiger partial charge in [-0.15, -0.1) is 0 Å². The van der Waals surface area contributed by atoms with Crippen molar-refractivity contribution in [2.75, 3.05) is 27.4 Å². The van der Waals surface area contributed by atoms with Crippen molar-refractivity contribution in [1.82, 2.24) is 0 Å². The summed E-state index contributed by atoms with van der Waals surface area (Å²) >= 11 is 0. The van der Waals surface area contributed by atoms with Gasteiger partial charge in [-0.25, -0.2) is 0 Å². The number of fused-ring (bicyclic) bond motifs is 2. The largest absolute Gasteiger partial charge is 0.498 e. The monoisotopic (exact) mass is 324 g/mol. The predicted molar refractivity (Wildman–Crippen MR) is 96.2 cm³/mol. The van der Waals surface area contributed by atoms with Crippen molar-refractivity contribution in [3.63, 3.8) is 0 Å². The van der Waals surface area contributed by atoms with E-state index in [0.717, 1.165) is 27.3 Å². The molecule has 0 aliphatic rings. The fourth-order valence-electron chi connectivity index (χ4n) is 2.85. The van der Waals surface area contributed by atoms with E-state index in [9.17, 15) is 0 Å². The number of hydrogen-bond donors (Lipinski definition) is 0. The molecule has 3 aromatic carbocycles. The highest BCUT2D eigenvalue weighted by Crippen LogP contribution is 2.42. The fraction of sp³-hybridized carbons (Fsp3) is 0.200. The molecule has 0 aliphatic carbocycles. The van der Waals surface area contributed by atoms with Gasteiger partial charge in [0.15, 0.2) is 11.5 Å². The number of rotatable bonds is 7. The SMILES string of the molecule is C=COCCOc1c2ccccc2cc2c(OC)c(OC)ccc12. The molecule has 4 nitrogen and oxygen atoms in total. The average molecular weight is 324 g/mol. The number of ether oxygens (including phenoxy) is 4. The number of methoxy groups -OCH3 is 2. The molecule has 0 bridgehead atoms. The lowest BCUT2D eigenvalue weighted by atomic mass is 10.0. The summed E-state index contributed by atoms with van der Waals surface area (Å²) in [5.74, 6) is 2.21. The number of benzene rings is 3. The van der Waals surface area contributed by atoms with Gasteiger partial charge in [0.05, 0.1) is 20.5 Å². The molecule has 0 aromatic heterocycles. The first kappa shape index (κ1) is 16.0. The minimum atomic E-state index is 0.434. The Kier molecular flexibility index (Phi) is 4.75. The van der Waals surface area contributed by atoms with Gasteiger partial charge >= 0.3 is 0 Å². The Labute approximate surface area is 141 Å². The minimum Gasteiger partial charge on any atom is -0.498 e. The van der Waals surface area contributed by atoms with Gasteiger partial charge in [-0.3, -0.25) is 0 Å². The number of hydrogen-bond acceptors (Lipinski definition) is 4. The van der Waals surface area contributed by atoms with E-state index in [1.54, 1.807) is 14.2 Å². The van der Waals surface area contributed by atoms with Crippen LogP contribution in [0.4, 0.5) is 0 Å². The zero-order valence-corrected chi connectivity index (χ0v) is 13.9. The summed E-state index contributed by atoms with van der Waals surface area (Å²) < 4.78 is 22.2. The topological polar surface area (TPSA) is 36.9 Å². The van der Waals surface area contributed by atoms with Gasteiger partial charge in [-0.1, -0.05) is 30.8 Å². The Morgan fingerprint density at radius 3 is 2.46 bits per heavy atom. The van der Waals surface area contributed by atoms with Crippen LogP contribution in [-0.4, -0.2) is 27.4 Å². The minimum absolute atomic E-state index is 0.434. The van der Waals surface area contributed by atoms with Crippen LogP contribution in [-0.2, 0) is 4.74 Å². The second kappa shape index (κ2) is 7.13. The van der Waals surface area contributed by atoms with E-state index in [4.69, 9.17) is 18.9 Å². The smallest absolute Gasteiger partial charge is 0.168 e. The zero-order chi connectivity index (χ0) is 16.9. The van der Waals surface area contributed by atoms with Crippen LogP contribution in [0.15, 0.2) is 55.3 Å². The van der Waals surface area contributed by atoms with Crippen LogP contribution in [0.3, 0.4) is 0 Å². The van der Waals surface area contributed by atoms with Crippen LogP contribution in [0.1, 0.15) is 0 Å². The molecule has 0 atom stereocenters. The summed E-state index contributed by atoms with van der Waals surface area (Å²) in [4.78, 5) is 0. The standard InChI is InChI=1S/C20H20O4/c1-4-23-11-12-24-19-15-8-6-5-7-14(15)13-17-16(19)9-10-18(21-2)20(17)22-3/h4-10,13H,1,11-12H2,2-3H3. The molecule has 4 heteroatoms. The fourth-order valence-corrected chi connectivity index (χ4v) is 2.85. The first-order valence-corrected chi connectivity index (χ1v) is 7.72. The molecule has 3 rings (SSSR count). The van der Waals surface area contributed by atoms with Crippen LogP contribution in [0.2, 0.25) is 0 Å². The molecule has 0 aliphatic heterocycles. The second-order valence-corrected chi connectivity index (χ2v) is 5.21. The second-order valence-electron chi connectivity index (χ2n) is 5.21. The first-order valence-electron chi connectivity index (χ1n) is 7.72. The maximum atomic E-state index is 6.04. The molecule has 0 radical (unpaired) electrons. The normalized spacial score (nSPS) is 10.6. The summed E-state index contributed by atoms with van der Waals surface area (Å²) in [7, 11) is 3.28. The van der Waals surface area contributed by atoms with Crippen molar-refractivity contribution in [2.45, 2.75) is 0 Å². The lowest BCUT2D eigenvalue weighted by Gasteiger charge is -2.16. The van der Waals surface area contributed by atoms with Gasteiger partial charge in [0.25, 0.3) is 0 Å². The Balaban J connectivity index is 2.21. The van der Waals surface area contributed by atoms with Crippen molar-refractivity contribution in [3.8, 4) is 17.2 Å². The molecule has 124 valence electrons. The van der Waals surface area contributed by atoms with Crippen LogP contribution in [0, 0.1) is 0 Å². The highest BCUT2D eigenvalue weighted by molar-refractivity contribution is 6.08. The van der Waals surface area contributed by atoms with Crippen molar-refractivity contribution < 1.29 is 18.9 Å². The Morgan fingerprint density at radius 2 is 1.71 bits per heavy atom. The summed E-state index contributed by atoms with van der Waals surface area (Å²) in [6, 6.07) is 14.1. The summed E-state index contributed by atoms with van der Waals surface area (Å²) in [6.07, 6.45) is 1.42. The maximum absolute atomic E-state index is 6.04. The highest BCUT2D eigenvalue weighted by atomic mass is 16.5. The van der Waals surface area contributed by atoms with Crippen molar-refractivity contribution in [2.24, 2.45) is 0 Å². The maximum Gasteiger partial charge on any atom is 0.168 e.